The molecule has 4 nitrogen and oxygen atoms in total. The first-order valence-corrected chi connectivity index (χ1v) is 7.42. The number of rotatable bonds is 5. The second-order valence-corrected chi connectivity index (χ2v) is 5.84. The predicted octanol–water partition coefficient (Wildman–Crippen LogP) is 1.91. The van der Waals surface area contributed by atoms with Crippen molar-refractivity contribution >= 4 is 11.3 Å². The molecule has 1 unspecified atom stereocenters. The highest BCUT2D eigenvalue weighted by Gasteiger charge is 2.39. The standard InChI is InChI=1S/C13H22N2O2S/c1-3-17-13(4-6-16-7-5-13)12(14)8-11-9-18-10(2)15-11/h9,12H,3-8,14H2,1-2H3. The van der Waals surface area contributed by atoms with E-state index >= 15 is 0 Å². The predicted molar refractivity (Wildman–Crippen MR) is 72.9 cm³/mol. The summed E-state index contributed by atoms with van der Waals surface area (Å²) in [7, 11) is 0. The maximum absolute atomic E-state index is 6.39. The van der Waals surface area contributed by atoms with Crippen LogP contribution >= 0.6 is 11.3 Å². The Balaban J connectivity index is 2.05. The van der Waals surface area contributed by atoms with Gasteiger partial charge in [0.25, 0.3) is 0 Å². The van der Waals surface area contributed by atoms with Gasteiger partial charge in [0.1, 0.15) is 0 Å². The topological polar surface area (TPSA) is 57.4 Å². The fraction of sp³-hybridized carbons (Fsp3) is 0.769. The molecule has 1 aliphatic rings. The van der Waals surface area contributed by atoms with E-state index in [4.69, 9.17) is 15.2 Å². The molecule has 0 aliphatic carbocycles. The summed E-state index contributed by atoms with van der Waals surface area (Å²) in [6.07, 6.45) is 2.54. The lowest BCUT2D eigenvalue weighted by molar-refractivity contribution is -0.120. The molecule has 1 saturated heterocycles. The van der Waals surface area contributed by atoms with Crippen LogP contribution in [0.3, 0.4) is 0 Å². The van der Waals surface area contributed by atoms with Crippen LogP contribution in [-0.2, 0) is 15.9 Å². The molecule has 0 amide bonds. The van der Waals surface area contributed by atoms with Crippen molar-refractivity contribution in [3.8, 4) is 0 Å². The van der Waals surface area contributed by atoms with Crippen molar-refractivity contribution in [1.82, 2.24) is 4.98 Å². The lowest BCUT2D eigenvalue weighted by Gasteiger charge is -2.41. The summed E-state index contributed by atoms with van der Waals surface area (Å²) >= 11 is 1.67. The number of aromatic nitrogens is 1. The minimum atomic E-state index is -0.232. The van der Waals surface area contributed by atoms with Crippen molar-refractivity contribution in [2.45, 2.75) is 44.8 Å². The Morgan fingerprint density at radius 3 is 2.83 bits per heavy atom. The van der Waals surface area contributed by atoms with E-state index in [0.29, 0.717) is 6.61 Å². The van der Waals surface area contributed by atoms with Gasteiger partial charge >= 0.3 is 0 Å². The van der Waals surface area contributed by atoms with E-state index in [0.717, 1.165) is 43.2 Å². The van der Waals surface area contributed by atoms with Gasteiger partial charge in [-0.25, -0.2) is 4.98 Å². The van der Waals surface area contributed by atoms with Gasteiger partial charge in [0.05, 0.1) is 16.3 Å². The number of hydrogen-bond acceptors (Lipinski definition) is 5. The van der Waals surface area contributed by atoms with Gasteiger partial charge in [0.2, 0.25) is 0 Å². The number of aryl methyl sites for hydroxylation is 1. The third-order valence-electron chi connectivity index (χ3n) is 3.54. The number of nitrogens with two attached hydrogens (primary N) is 1. The van der Waals surface area contributed by atoms with Crippen LogP contribution in [0.5, 0.6) is 0 Å². The van der Waals surface area contributed by atoms with Gasteiger partial charge in [0.15, 0.2) is 0 Å². The van der Waals surface area contributed by atoms with Crippen LogP contribution < -0.4 is 5.73 Å². The number of ether oxygens (including phenoxy) is 2. The fourth-order valence-corrected chi connectivity index (χ4v) is 3.17. The first-order chi connectivity index (χ1) is 8.66. The summed E-state index contributed by atoms with van der Waals surface area (Å²) in [6, 6.07) is -0.0113. The number of hydrogen-bond donors (Lipinski definition) is 1. The Hall–Kier alpha value is -0.490. The third kappa shape index (κ3) is 3.09. The highest BCUT2D eigenvalue weighted by atomic mass is 32.1. The van der Waals surface area contributed by atoms with Gasteiger partial charge in [-0.05, 0) is 13.8 Å². The summed E-state index contributed by atoms with van der Waals surface area (Å²) in [5.41, 5.74) is 7.24. The monoisotopic (exact) mass is 270 g/mol. The van der Waals surface area contributed by atoms with Gasteiger partial charge < -0.3 is 15.2 Å². The summed E-state index contributed by atoms with van der Waals surface area (Å²) in [4.78, 5) is 4.49. The van der Waals surface area contributed by atoms with E-state index in [9.17, 15) is 0 Å². The van der Waals surface area contributed by atoms with E-state index in [1.54, 1.807) is 11.3 Å². The molecular formula is C13H22N2O2S. The van der Waals surface area contributed by atoms with E-state index in [1.807, 2.05) is 13.8 Å². The molecule has 0 bridgehead atoms. The molecule has 0 radical (unpaired) electrons. The highest BCUT2D eigenvalue weighted by Crippen LogP contribution is 2.29. The van der Waals surface area contributed by atoms with Gasteiger partial charge in [-0.3, -0.25) is 0 Å². The smallest absolute Gasteiger partial charge is 0.0897 e. The summed E-state index contributed by atoms with van der Waals surface area (Å²) in [5, 5.41) is 3.18. The average Bonchev–Trinajstić information content (AvgIpc) is 2.76. The summed E-state index contributed by atoms with van der Waals surface area (Å²) < 4.78 is 11.4. The molecule has 2 N–H and O–H groups in total. The minimum Gasteiger partial charge on any atom is -0.381 e. The van der Waals surface area contributed by atoms with Gasteiger partial charge in [-0.1, -0.05) is 0 Å². The van der Waals surface area contributed by atoms with Crippen molar-refractivity contribution < 1.29 is 9.47 Å². The number of thiazole rings is 1. The quantitative estimate of drug-likeness (QED) is 0.888. The van der Waals surface area contributed by atoms with Crippen molar-refractivity contribution in [1.29, 1.82) is 0 Å². The molecule has 102 valence electrons. The largest absolute Gasteiger partial charge is 0.381 e. The molecule has 0 saturated carbocycles. The van der Waals surface area contributed by atoms with Crippen molar-refractivity contribution in [3.05, 3.63) is 16.1 Å². The highest BCUT2D eigenvalue weighted by molar-refractivity contribution is 7.09. The minimum absolute atomic E-state index is 0.0113. The lowest BCUT2D eigenvalue weighted by Crippen LogP contribution is -2.54. The molecule has 1 aromatic rings. The zero-order chi connectivity index (χ0) is 13.0. The summed E-state index contributed by atoms with van der Waals surface area (Å²) in [5.74, 6) is 0. The average molecular weight is 270 g/mol. The molecule has 1 aliphatic heterocycles. The van der Waals surface area contributed by atoms with E-state index in [1.165, 1.54) is 0 Å². The SMILES string of the molecule is CCOC1(C(N)Cc2csc(C)n2)CCOCC1. The van der Waals surface area contributed by atoms with Crippen LogP contribution in [-0.4, -0.2) is 36.4 Å². The normalized spacial score (nSPS) is 20.8. The summed E-state index contributed by atoms with van der Waals surface area (Å²) in [6.45, 7) is 6.22. The number of nitrogens with zero attached hydrogens (tertiary/aromatic N) is 1. The molecule has 0 spiro atoms. The Kier molecular flexibility index (Phi) is 4.72. The second-order valence-electron chi connectivity index (χ2n) is 4.78. The second kappa shape index (κ2) is 6.10. The van der Waals surface area contributed by atoms with E-state index in [-0.39, 0.29) is 11.6 Å². The van der Waals surface area contributed by atoms with Gasteiger partial charge in [-0.15, -0.1) is 11.3 Å². The first-order valence-electron chi connectivity index (χ1n) is 6.54. The molecule has 1 atom stereocenters. The van der Waals surface area contributed by atoms with Gasteiger partial charge in [-0.2, -0.15) is 0 Å². The Morgan fingerprint density at radius 1 is 1.56 bits per heavy atom. The first kappa shape index (κ1) is 13.9. The van der Waals surface area contributed by atoms with Crippen LogP contribution in [0.1, 0.15) is 30.5 Å². The Bertz CT molecular complexity index is 369. The maximum atomic E-state index is 6.39. The van der Waals surface area contributed by atoms with Crippen LogP contribution in [0.2, 0.25) is 0 Å². The molecule has 5 heteroatoms. The van der Waals surface area contributed by atoms with Crippen LogP contribution in [0.25, 0.3) is 0 Å². The Morgan fingerprint density at radius 2 is 2.28 bits per heavy atom. The molecule has 1 fully saturated rings. The lowest BCUT2D eigenvalue weighted by atomic mass is 9.84. The van der Waals surface area contributed by atoms with Crippen LogP contribution in [0, 0.1) is 6.92 Å². The Labute approximate surface area is 113 Å². The van der Waals surface area contributed by atoms with Crippen molar-refractivity contribution in [2.24, 2.45) is 5.73 Å². The maximum Gasteiger partial charge on any atom is 0.0897 e. The zero-order valence-corrected chi connectivity index (χ0v) is 12.0. The zero-order valence-electron chi connectivity index (χ0n) is 11.1. The molecule has 2 heterocycles. The molecular weight excluding hydrogens is 248 g/mol. The van der Waals surface area contributed by atoms with E-state index in [2.05, 4.69) is 10.4 Å². The van der Waals surface area contributed by atoms with Gasteiger partial charge in [0, 0.05) is 50.5 Å². The van der Waals surface area contributed by atoms with Crippen molar-refractivity contribution in [3.63, 3.8) is 0 Å². The molecule has 1 aromatic heterocycles. The molecule has 2 rings (SSSR count). The van der Waals surface area contributed by atoms with Crippen LogP contribution in [0.4, 0.5) is 0 Å². The van der Waals surface area contributed by atoms with Crippen molar-refractivity contribution in [2.75, 3.05) is 19.8 Å². The van der Waals surface area contributed by atoms with E-state index < -0.39 is 0 Å². The third-order valence-corrected chi connectivity index (χ3v) is 4.36. The fourth-order valence-electron chi connectivity index (χ4n) is 2.54. The van der Waals surface area contributed by atoms with Crippen LogP contribution in [0.15, 0.2) is 5.38 Å². The molecule has 0 aromatic carbocycles. The molecule has 18 heavy (non-hydrogen) atoms.